The molecule has 0 atom stereocenters. The maximum absolute atomic E-state index is 10.9. The smallest absolute Gasteiger partial charge is 0.349 e. The van der Waals surface area contributed by atoms with E-state index in [0.717, 1.165) is 11.5 Å². The van der Waals surface area contributed by atoms with E-state index in [4.69, 9.17) is 5.11 Å². The Bertz CT molecular complexity index is 490. The number of aryl methyl sites for hydroxylation is 1. The molecule has 2 rings (SSSR count). The van der Waals surface area contributed by atoms with Crippen molar-refractivity contribution < 1.29 is 9.90 Å². The second-order valence-electron chi connectivity index (χ2n) is 2.79. The van der Waals surface area contributed by atoms with E-state index in [1.54, 1.807) is 16.9 Å². The minimum Gasteiger partial charge on any atom is -0.477 e. The highest BCUT2D eigenvalue weighted by atomic mass is 32.1. The largest absolute Gasteiger partial charge is 0.477 e. The predicted octanol–water partition coefficient (Wildman–Crippen LogP) is 1.12. The molecule has 15 heavy (non-hydrogen) atoms. The molecule has 0 unspecified atom stereocenters. The summed E-state index contributed by atoms with van der Waals surface area (Å²) >= 11 is 0.873. The molecule has 2 aromatic rings. The molecule has 0 amide bonds. The Kier molecular flexibility index (Phi) is 2.46. The molecule has 0 aliphatic heterocycles. The molecule has 0 fully saturated rings. The summed E-state index contributed by atoms with van der Waals surface area (Å²) in [6, 6.07) is 1.73. The number of hydrogen-bond acceptors (Lipinski definition) is 5. The van der Waals surface area contributed by atoms with Gasteiger partial charge in [-0.15, -0.1) is 5.10 Å². The van der Waals surface area contributed by atoms with Crippen molar-refractivity contribution in [3.05, 3.63) is 17.1 Å². The molecule has 0 spiro atoms. The van der Waals surface area contributed by atoms with E-state index in [1.807, 2.05) is 6.92 Å². The fourth-order valence-electron chi connectivity index (χ4n) is 1.28. The quantitative estimate of drug-likeness (QED) is 0.844. The molecule has 2 aromatic heterocycles. The van der Waals surface area contributed by atoms with Crippen molar-refractivity contribution in [3.8, 4) is 11.4 Å². The number of carbonyl (C=O) groups is 1. The van der Waals surface area contributed by atoms with Gasteiger partial charge in [0.15, 0.2) is 4.88 Å². The second-order valence-corrected chi connectivity index (χ2v) is 3.54. The average molecular weight is 224 g/mol. The van der Waals surface area contributed by atoms with Crippen LogP contribution in [0.5, 0.6) is 0 Å². The van der Waals surface area contributed by atoms with Crippen LogP contribution in [-0.4, -0.2) is 30.4 Å². The van der Waals surface area contributed by atoms with Gasteiger partial charge in [0.2, 0.25) is 0 Å². The maximum atomic E-state index is 10.9. The highest BCUT2D eigenvalue weighted by Gasteiger charge is 2.19. The Morgan fingerprint density at radius 3 is 3.13 bits per heavy atom. The van der Waals surface area contributed by atoms with Crippen molar-refractivity contribution in [2.24, 2.45) is 0 Å². The molecule has 0 saturated carbocycles. The SMILES string of the molecule is CCn1nccc1-c1nnsc1C(=O)O. The van der Waals surface area contributed by atoms with Crippen LogP contribution in [0.3, 0.4) is 0 Å². The molecule has 6 nitrogen and oxygen atoms in total. The Morgan fingerprint density at radius 2 is 2.47 bits per heavy atom. The lowest BCUT2D eigenvalue weighted by atomic mass is 10.3. The standard InChI is InChI=1S/C8H8N4O2S/c1-2-12-5(3-4-9-12)6-7(8(13)14)15-11-10-6/h3-4H,2H2,1H3,(H,13,14). The summed E-state index contributed by atoms with van der Waals surface area (Å²) in [5.74, 6) is -1.01. The van der Waals surface area contributed by atoms with Crippen molar-refractivity contribution in [2.45, 2.75) is 13.5 Å². The van der Waals surface area contributed by atoms with Gasteiger partial charge in [-0.05, 0) is 24.5 Å². The highest BCUT2D eigenvalue weighted by molar-refractivity contribution is 7.08. The number of carboxylic acid groups (broad SMARTS) is 1. The summed E-state index contributed by atoms with van der Waals surface area (Å²) in [6.45, 7) is 2.59. The van der Waals surface area contributed by atoms with Gasteiger partial charge in [-0.2, -0.15) is 5.10 Å². The molecule has 0 aliphatic rings. The van der Waals surface area contributed by atoms with E-state index in [-0.39, 0.29) is 4.88 Å². The van der Waals surface area contributed by atoms with E-state index in [1.165, 1.54) is 0 Å². The topological polar surface area (TPSA) is 80.9 Å². The van der Waals surface area contributed by atoms with Gasteiger partial charge >= 0.3 is 5.97 Å². The first-order chi connectivity index (χ1) is 7.24. The van der Waals surface area contributed by atoms with Gasteiger partial charge in [0.1, 0.15) is 5.69 Å². The summed E-state index contributed by atoms with van der Waals surface area (Å²) in [6.07, 6.45) is 1.61. The van der Waals surface area contributed by atoms with Crippen LogP contribution in [-0.2, 0) is 6.54 Å². The third kappa shape index (κ3) is 1.61. The van der Waals surface area contributed by atoms with Crippen LogP contribution in [0.2, 0.25) is 0 Å². The van der Waals surface area contributed by atoms with Crippen molar-refractivity contribution in [1.29, 1.82) is 0 Å². The second kappa shape index (κ2) is 3.77. The van der Waals surface area contributed by atoms with Crippen molar-refractivity contribution in [2.75, 3.05) is 0 Å². The molecule has 0 saturated heterocycles. The Morgan fingerprint density at radius 1 is 1.67 bits per heavy atom. The van der Waals surface area contributed by atoms with Crippen LogP contribution in [0.15, 0.2) is 12.3 Å². The van der Waals surface area contributed by atoms with Gasteiger partial charge in [0, 0.05) is 12.7 Å². The zero-order valence-corrected chi connectivity index (χ0v) is 8.73. The van der Waals surface area contributed by atoms with Gasteiger partial charge in [0.05, 0.1) is 5.69 Å². The summed E-state index contributed by atoms with van der Waals surface area (Å²) in [4.78, 5) is 11.0. The third-order valence-electron chi connectivity index (χ3n) is 1.94. The summed E-state index contributed by atoms with van der Waals surface area (Å²) in [5.41, 5.74) is 1.07. The normalized spacial score (nSPS) is 10.5. The molecule has 0 aromatic carbocycles. The summed E-state index contributed by atoms with van der Waals surface area (Å²) in [7, 11) is 0. The molecule has 0 bridgehead atoms. The monoisotopic (exact) mass is 224 g/mol. The number of aromatic carboxylic acids is 1. The van der Waals surface area contributed by atoms with Crippen LogP contribution >= 0.6 is 11.5 Å². The summed E-state index contributed by atoms with van der Waals surface area (Å²) < 4.78 is 5.33. The predicted molar refractivity (Wildman–Crippen MR) is 53.8 cm³/mol. The Balaban J connectivity index is 2.54. The Labute approximate surface area is 89.3 Å². The van der Waals surface area contributed by atoms with E-state index < -0.39 is 5.97 Å². The van der Waals surface area contributed by atoms with Crippen molar-refractivity contribution >= 4 is 17.5 Å². The first-order valence-corrected chi connectivity index (χ1v) is 5.09. The maximum Gasteiger partial charge on any atom is 0.349 e. The molecule has 0 aliphatic carbocycles. The number of aromatic nitrogens is 4. The van der Waals surface area contributed by atoms with Gasteiger partial charge in [0.25, 0.3) is 0 Å². The zero-order valence-electron chi connectivity index (χ0n) is 7.91. The van der Waals surface area contributed by atoms with E-state index in [0.29, 0.717) is 17.9 Å². The lowest BCUT2D eigenvalue weighted by Gasteiger charge is -2.01. The third-order valence-corrected chi connectivity index (χ3v) is 2.65. The lowest BCUT2D eigenvalue weighted by Crippen LogP contribution is -2.02. The number of hydrogen-bond donors (Lipinski definition) is 1. The number of nitrogens with zero attached hydrogens (tertiary/aromatic N) is 4. The van der Waals surface area contributed by atoms with Gasteiger partial charge in [-0.25, -0.2) is 4.79 Å². The van der Waals surface area contributed by atoms with Gasteiger partial charge < -0.3 is 5.11 Å². The molecule has 0 radical (unpaired) electrons. The van der Waals surface area contributed by atoms with E-state index >= 15 is 0 Å². The molecule has 1 N–H and O–H groups in total. The average Bonchev–Trinajstić information content (AvgIpc) is 2.85. The Hall–Kier alpha value is -1.76. The fourth-order valence-corrected chi connectivity index (χ4v) is 1.80. The van der Waals surface area contributed by atoms with Crippen molar-refractivity contribution in [1.82, 2.24) is 19.4 Å². The summed E-state index contributed by atoms with van der Waals surface area (Å²) in [5, 5.41) is 16.8. The number of carboxylic acids is 1. The van der Waals surface area contributed by atoms with Crippen LogP contribution in [0.1, 0.15) is 16.6 Å². The molecule has 78 valence electrons. The van der Waals surface area contributed by atoms with Crippen molar-refractivity contribution in [3.63, 3.8) is 0 Å². The molecular weight excluding hydrogens is 216 g/mol. The minimum atomic E-state index is -1.01. The first kappa shape index (κ1) is 9.78. The fraction of sp³-hybridized carbons (Fsp3) is 0.250. The van der Waals surface area contributed by atoms with E-state index in [9.17, 15) is 4.79 Å². The van der Waals surface area contributed by atoms with Crippen LogP contribution < -0.4 is 0 Å². The van der Waals surface area contributed by atoms with Gasteiger partial charge in [-0.3, -0.25) is 4.68 Å². The first-order valence-electron chi connectivity index (χ1n) is 4.32. The molecular formula is C8H8N4O2S. The van der Waals surface area contributed by atoms with Crippen LogP contribution in [0.4, 0.5) is 0 Å². The number of rotatable bonds is 3. The van der Waals surface area contributed by atoms with E-state index in [2.05, 4.69) is 14.7 Å². The highest BCUT2D eigenvalue weighted by Crippen LogP contribution is 2.23. The lowest BCUT2D eigenvalue weighted by molar-refractivity contribution is 0.0702. The molecule has 7 heteroatoms. The van der Waals surface area contributed by atoms with Gasteiger partial charge in [-0.1, -0.05) is 4.49 Å². The minimum absolute atomic E-state index is 0.144. The van der Waals surface area contributed by atoms with Crippen LogP contribution in [0.25, 0.3) is 11.4 Å². The zero-order chi connectivity index (χ0) is 10.8. The molecule has 2 heterocycles. The van der Waals surface area contributed by atoms with Crippen LogP contribution in [0, 0.1) is 0 Å².